The fourth-order valence-corrected chi connectivity index (χ4v) is 10.9. The zero-order chi connectivity index (χ0) is 26.8. The van der Waals surface area contributed by atoms with Gasteiger partial charge in [0.25, 0.3) is 5.91 Å². The maximum absolute atomic E-state index is 14.6. The SMILES string of the molecule is CCOC1C2[C@@H]1CC[C@@H]1C3CC[C@@]4(C)C(CCC[C@@H]4[C@@H](C)NC(=O)c4ccc(C#N)cc4F)[C@@H]3CC[C@]21C. The van der Waals surface area contributed by atoms with E-state index in [1.54, 1.807) is 0 Å². The van der Waals surface area contributed by atoms with Gasteiger partial charge in [-0.15, -0.1) is 0 Å². The molecule has 0 heterocycles. The first-order valence-electron chi connectivity index (χ1n) is 15.3. The van der Waals surface area contributed by atoms with Gasteiger partial charge in [0.1, 0.15) is 5.82 Å². The van der Waals surface area contributed by atoms with Gasteiger partial charge >= 0.3 is 0 Å². The van der Waals surface area contributed by atoms with E-state index >= 15 is 0 Å². The highest BCUT2D eigenvalue weighted by Crippen LogP contribution is 2.72. The van der Waals surface area contributed by atoms with E-state index in [-0.39, 0.29) is 28.5 Å². The van der Waals surface area contributed by atoms with Crippen LogP contribution < -0.4 is 5.32 Å². The Kier molecular flexibility index (Phi) is 6.65. The van der Waals surface area contributed by atoms with Crippen molar-refractivity contribution in [3.05, 3.63) is 35.1 Å². The molecule has 1 amide bonds. The van der Waals surface area contributed by atoms with Crippen LogP contribution in [0.15, 0.2) is 18.2 Å². The van der Waals surface area contributed by atoms with Crippen LogP contribution in [0.5, 0.6) is 0 Å². The fourth-order valence-electron chi connectivity index (χ4n) is 10.9. The quantitative estimate of drug-likeness (QED) is 0.449. The summed E-state index contributed by atoms with van der Waals surface area (Å²) in [5.74, 6) is 4.22. The second kappa shape index (κ2) is 9.61. The number of carbonyl (C=O) groups is 1. The van der Waals surface area contributed by atoms with Crippen molar-refractivity contribution in [2.45, 2.75) is 97.6 Å². The summed E-state index contributed by atoms with van der Waals surface area (Å²) >= 11 is 0. The zero-order valence-corrected chi connectivity index (χ0v) is 23.6. The third kappa shape index (κ3) is 3.95. The molecular formula is C33H45FN2O2. The molecule has 0 aliphatic heterocycles. The largest absolute Gasteiger partial charge is 0.378 e. The van der Waals surface area contributed by atoms with Crippen molar-refractivity contribution in [3.8, 4) is 6.07 Å². The first-order valence-corrected chi connectivity index (χ1v) is 15.3. The third-order valence-electron chi connectivity index (χ3n) is 12.5. The summed E-state index contributed by atoms with van der Waals surface area (Å²) < 4.78 is 20.8. The predicted molar refractivity (Wildman–Crippen MR) is 146 cm³/mol. The Morgan fingerprint density at radius 1 is 1.08 bits per heavy atom. The van der Waals surface area contributed by atoms with E-state index < -0.39 is 5.82 Å². The lowest BCUT2D eigenvalue weighted by Gasteiger charge is -2.63. The Balaban J connectivity index is 1.18. The van der Waals surface area contributed by atoms with Gasteiger partial charge in [0, 0.05) is 12.6 Å². The van der Waals surface area contributed by atoms with Crippen LogP contribution >= 0.6 is 0 Å². The molecule has 6 rings (SSSR count). The molecular weight excluding hydrogens is 475 g/mol. The standard InChI is InChI=1S/C33H45FN2O2/c1-5-38-30-24-11-12-27-22-13-15-32(3)25(7-6-8-26(32)21(22)14-16-33(27,4)29(24)30)19(2)36-31(37)23-10-9-20(18-35)17-28(23)34/h9-10,17,19,21-22,24-27,29-30H,5-8,11-16H2,1-4H3,(H,36,37)/t19-,21-,22?,24+,25-,26?,27-,29?,30?,32-,33+/m1/s1. The van der Waals surface area contributed by atoms with Crippen molar-refractivity contribution in [2.24, 2.45) is 52.3 Å². The van der Waals surface area contributed by atoms with E-state index in [4.69, 9.17) is 10.00 Å². The molecule has 38 heavy (non-hydrogen) atoms. The van der Waals surface area contributed by atoms with Gasteiger partial charge in [-0.1, -0.05) is 20.3 Å². The van der Waals surface area contributed by atoms with Gasteiger partial charge in [0.05, 0.1) is 23.3 Å². The number of nitrogens with zero attached hydrogens (tertiary/aromatic N) is 1. The van der Waals surface area contributed by atoms with Gasteiger partial charge in [0.15, 0.2) is 0 Å². The van der Waals surface area contributed by atoms with Crippen molar-refractivity contribution >= 4 is 5.91 Å². The van der Waals surface area contributed by atoms with Crippen LogP contribution in [0.2, 0.25) is 0 Å². The van der Waals surface area contributed by atoms with E-state index in [1.807, 2.05) is 6.07 Å². The van der Waals surface area contributed by atoms with Gasteiger partial charge in [-0.25, -0.2) is 4.39 Å². The van der Waals surface area contributed by atoms with Gasteiger partial charge in [0.2, 0.25) is 0 Å². The van der Waals surface area contributed by atoms with E-state index in [0.29, 0.717) is 17.4 Å². The Morgan fingerprint density at radius 2 is 1.79 bits per heavy atom. The predicted octanol–water partition coefficient (Wildman–Crippen LogP) is 7.13. The molecule has 0 saturated heterocycles. The Labute approximate surface area is 228 Å². The second-order valence-corrected chi connectivity index (χ2v) is 13.9. The first-order chi connectivity index (χ1) is 18.2. The molecule has 5 saturated carbocycles. The molecule has 4 unspecified atom stereocenters. The van der Waals surface area contributed by atoms with Crippen LogP contribution in [-0.4, -0.2) is 24.7 Å². The molecule has 11 atom stereocenters. The topological polar surface area (TPSA) is 62.1 Å². The number of amides is 1. The maximum Gasteiger partial charge on any atom is 0.254 e. The number of nitriles is 1. The molecule has 0 spiro atoms. The number of hydrogen-bond donors (Lipinski definition) is 1. The molecule has 1 aromatic carbocycles. The number of hydrogen-bond acceptors (Lipinski definition) is 3. The van der Waals surface area contributed by atoms with Crippen LogP contribution in [0, 0.1) is 69.4 Å². The van der Waals surface area contributed by atoms with Crippen LogP contribution in [0.4, 0.5) is 4.39 Å². The van der Waals surface area contributed by atoms with Gasteiger partial charge < -0.3 is 10.1 Å². The number of fused-ring (bicyclic) bond motifs is 7. The summed E-state index contributed by atoms with van der Waals surface area (Å²) in [4.78, 5) is 13.1. The summed E-state index contributed by atoms with van der Waals surface area (Å²) in [6, 6.07) is 6.04. The number of benzene rings is 1. The average Bonchev–Trinajstić information content (AvgIpc) is 3.61. The van der Waals surface area contributed by atoms with Crippen molar-refractivity contribution < 1.29 is 13.9 Å². The fraction of sp³-hybridized carbons (Fsp3) is 0.758. The summed E-state index contributed by atoms with van der Waals surface area (Å²) in [5, 5.41) is 12.2. The Bertz CT molecular complexity index is 1130. The van der Waals surface area contributed by atoms with E-state index in [9.17, 15) is 9.18 Å². The molecule has 5 heteroatoms. The van der Waals surface area contributed by atoms with Crippen molar-refractivity contribution in [1.29, 1.82) is 5.26 Å². The molecule has 1 N–H and O–H groups in total. The Hall–Kier alpha value is -1.93. The Morgan fingerprint density at radius 3 is 2.47 bits per heavy atom. The molecule has 0 bridgehead atoms. The lowest BCUT2D eigenvalue weighted by atomic mass is 9.42. The molecule has 5 aliphatic rings. The van der Waals surface area contributed by atoms with Gasteiger partial charge in [-0.05, 0) is 136 Å². The highest BCUT2D eigenvalue weighted by molar-refractivity contribution is 5.94. The number of carbonyl (C=O) groups excluding carboxylic acids is 1. The van der Waals surface area contributed by atoms with E-state index in [2.05, 4.69) is 33.0 Å². The number of ether oxygens (including phenoxy) is 1. The number of nitrogens with one attached hydrogen (secondary N) is 1. The van der Waals surface area contributed by atoms with E-state index in [0.717, 1.165) is 54.6 Å². The van der Waals surface area contributed by atoms with Crippen LogP contribution in [0.3, 0.4) is 0 Å². The third-order valence-corrected chi connectivity index (χ3v) is 12.5. The normalized spacial score (nSPS) is 43.9. The molecule has 5 aliphatic carbocycles. The van der Waals surface area contributed by atoms with E-state index in [1.165, 1.54) is 63.5 Å². The van der Waals surface area contributed by atoms with Crippen molar-refractivity contribution in [2.75, 3.05) is 6.61 Å². The monoisotopic (exact) mass is 520 g/mol. The minimum atomic E-state index is -0.621. The smallest absolute Gasteiger partial charge is 0.254 e. The minimum absolute atomic E-state index is 0.00963. The molecule has 0 radical (unpaired) electrons. The molecule has 4 nitrogen and oxygen atoms in total. The number of rotatable bonds is 5. The summed E-state index contributed by atoms with van der Waals surface area (Å²) in [7, 11) is 0. The molecule has 1 aromatic rings. The lowest BCUT2D eigenvalue weighted by Crippen LogP contribution is -2.57. The summed E-state index contributed by atoms with van der Waals surface area (Å²) in [5.41, 5.74) is 0.939. The second-order valence-electron chi connectivity index (χ2n) is 13.9. The molecule has 5 fully saturated rings. The van der Waals surface area contributed by atoms with Crippen LogP contribution in [0.25, 0.3) is 0 Å². The first kappa shape index (κ1) is 26.3. The van der Waals surface area contributed by atoms with Crippen molar-refractivity contribution in [3.63, 3.8) is 0 Å². The molecule has 0 aromatic heterocycles. The van der Waals surface area contributed by atoms with Gasteiger partial charge in [-0.2, -0.15) is 5.26 Å². The summed E-state index contributed by atoms with van der Waals surface area (Å²) in [6.45, 7) is 10.2. The summed E-state index contributed by atoms with van der Waals surface area (Å²) in [6.07, 6.45) is 12.2. The average molecular weight is 521 g/mol. The van der Waals surface area contributed by atoms with Crippen LogP contribution in [0.1, 0.15) is 101 Å². The highest BCUT2D eigenvalue weighted by Gasteiger charge is 2.68. The minimum Gasteiger partial charge on any atom is -0.378 e. The maximum atomic E-state index is 14.6. The highest BCUT2D eigenvalue weighted by atomic mass is 19.1. The van der Waals surface area contributed by atoms with Gasteiger partial charge in [-0.3, -0.25) is 4.79 Å². The van der Waals surface area contributed by atoms with Crippen LogP contribution in [-0.2, 0) is 4.74 Å². The lowest BCUT2D eigenvalue weighted by molar-refractivity contribution is -0.137. The van der Waals surface area contributed by atoms with Crippen molar-refractivity contribution in [1.82, 2.24) is 5.32 Å². The number of halogens is 1. The zero-order valence-electron chi connectivity index (χ0n) is 23.6. The molecule has 206 valence electrons.